The van der Waals surface area contributed by atoms with Crippen LogP contribution in [0.1, 0.15) is 13.8 Å². The summed E-state index contributed by atoms with van der Waals surface area (Å²) in [4.78, 5) is 4.67. The summed E-state index contributed by atoms with van der Waals surface area (Å²) in [6, 6.07) is 0. The third-order valence-electron chi connectivity index (χ3n) is 2.43. The lowest BCUT2D eigenvalue weighted by atomic mass is 10.2. The van der Waals surface area contributed by atoms with Gasteiger partial charge >= 0.3 is 0 Å². The molecule has 0 saturated heterocycles. The Bertz CT molecular complexity index is 117. The third kappa shape index (κ3) is 6.99. The zero-order chi connectivity index (χ0) is 10.3. The summed E-state index contributed by atoms with van der Waals surface area (Å²) in [6.45, 7) is 9.67. The number of likely N-dealkylation sites (N-methyl/N-ethyl adjacent to an activating group) is 2. The van der Waals surface area contributed by atoms with Gasteiger partial charge in [-0.3, -0.25) is 0 Å². The molecular weight excluding hydrogens is 162 g/mol. The van der Waals surface area contributed by atoms with Crippen molar-refractivity contribution in [2.24, 2.45) is 11.7 Å². The van der Waals surface area contributed by atoms with Crippen molar-refractivity contribution in [3.8, 4) is 0 Å². The molecule has 0 heterocycles. The van der Waals surface area contributed by atoms with Gasteiger partial charge in [0.25, 0.3) is 0 Å². The molecule has 2 N–H and O–H groups in total. The predicted molar refractivity (Wildman–Crippen MR) is 58.9 cm³/mol. The summed E-state index contributed by atoms with van der Waals surface area (Å²) in [5.41, 5.74) is 5.57. The van der Waals surface area contributed by atoms with Crippen molar-refractivity contribution in [2.75, 3.05) is 46.8 Å². The number of rotatable bonds is 7. The van der Waals surface area contributed by atoms with E-state index in [0.717, 1.165) is 32.7 Å². The molecule has 1 unspecified atom stereocenters. The van der Waals surface area contributed by atoms with Crippen LogP contribution in [0, 0.1) is 5.92 Å². The molecule has 0 aliphatic heterocycles. The molecule has 3 heteroatoms. The van der Waals surface area contributed by atoms with Gasteiger partial charge in [0.1, 0.15) is 0 Å². The molecule has 3 nitrogen and oxygen atoms in total. The van der Waals surface area contributed by atoms with Crippen molar-refractivity contribution >= 4 is 0 Å². The maximum atomic E-state index is 5.57. The molecular formula is C10H25N3. The highest BCUT2D eigenvalue weighted by Gasteiger charge is 2.04. The van der Waals surface area contributed by atoms with Crippen LogP contribution >= 0.6 is 0 Å². The summed E-state index contributed by atoms with van der Waals surface area (Å²) in [5, 5.41) is 0. The lowest BCUT2D eigenvalue weighted by molar-refractivity contribution is 0.242. The standard InChI is InChI=1S/C10H25N3/c1-5-12(3)6-7-13(4)9-10(2)8-11/h10H,5-9,11H2,1-4H3. The fourth-order valence-corrected chi connectivity index (χ4v) is 1.20. The van der Waals surface area contributed by atoms with E-state index in [-0.39, 0.29) is 0 Å². The van der Waals surface area contributed by atoms with E-state index in [0.29, 0.717) is 5.92 Å². The van der Waals surface area contributed by atoms with Crippen molar-refractivity contribution in [1.29, 1.82) is 0 Å². The van der Waals surface area contributed by atoms with Crippen LogP contribution in [0.15, 0.2) is 0 Å². The minimum Gasteiger partial charge on any atom is -0.330 e. The van der Waals surface area contributed by atoms with Crippen LogP contribution in [0.2, 0.25) is 0 Å². The van der Waals surface area contributed by atoms with Crippen LogP contribution in [0.4, 0.5) is 0 Å². The average molecular weight is 187 g/mol. The van der Waals surface area contributed by atoms with Crippen LogP contribution < -0.4 is 5.73 Å². The van der Waals surface area contributed by atoms with E-state index < -0.39 is 0 Å². The molecule has 0 saturated carbocycles. The second kappa shape index (κ2) is 7.30. The van der Waals surface area contributed by atoms with Gasteiger partial charge in [0.2, 0.25) is 0 Å². The van der Waals surface area contributed by atoms with Crippen LogP contribution in [0.25, 0.3) is 0 Å². The second-order valence-corrected chi connectivity index (χ2v) is 4.00. The van der Waals surface area contributed by atoms with E-state index in [2.05, 4.69) is 37.7 Å². The van der Waals surface area contributed by atoms with Gasteiger partial charge in [-0.05, 0) is 33.1 Å². The van der Waals surface area contributed by atoms with Crippen molar-refractivity contribution in [3.05, 3.63) is 0 Å². The van der Waals surface area contributed by atoms with Gasteiger partial charge in [-0.2, -0.15) is 0 Å². The van der Waals surface area contributed by atoms with Crippen molar-refractivity contribution in [3.63, 3.8) is 0 Å². The number of nitrogens with zero attached hydrogens (tertiary/aromatic N) is 2. The highest BCUT2D eigenvalue weighted by Crippen LogP contribution is 1.95. The maximum absolute atomic E-state index is 5.57. The molecule has 80 valence electrons. The minimum atomic E-state index is 0.608. The Kier molecular flexibility index (Phi) is 7.23. The lowest BCUT2D eigenvalue weighted by Crippen LogP contribution is -2.34. The first-order valence-corrected chi connectivity index (χ1v) is 5.17. The molecule has 0 rings (SSSR count). The lowest BCUT2D eigenvalue weighted by Gasteiger charge is -2.23. The van der Waals surface area contributed by atoms with Gasteiger partial charge in [-0.15, -0.1) is 0 Å². The summed E-state index contributed by atoms with van der Waals surface area (Å²) >= 11 is 0. The average Bonchev–Trinajstić information content (AvgIpc) is 2.13. The number of hydrogen-bond donors (Lipinski definition) is 1. The third-order valence-corrected chi connectivity index (χ3v) is 2.43. The Morgan fingerprint density at radius 3 is 2.15 bits per heavy atom. The molecule has 0 aromatic heterocycles. The fraction of sp³-hybridized carbons (Fsp3) is 1.00. The Balaban J connectivity index is 3.45. The topological polar surface area (TPSA) is 32.5 Å². The molecule has 0 spiro atoms. The maximum Gasteiger partial charge on any atom is 0.0106 e. The zero-order valence-electron chi connectivity index (χ0n) is 9.58. The summed E-state index contributed by atoms with van der Waals surface area (Å²) < 4.78 is 0. The van der Waals surface area contributed by atoms with E-state index in [1.54, 1.807) is 0 Å². The van der Waals surface area contributed by atoms with Gasteiger partial charge in [-0.1, -0.05) is 13.8 Å². The highest BCUT2D eigenvalue weighted by molar-refractivity contribution is 4.61. The molecule has 0 fully saturated rings. The molecule has 0 aromatic carbocycles. The first-order chi connectivity index (χ1) is 6.10. The Labute approximate surface area is 82.9 Å². The zero-order valence-corrected chi connectivity index (χ0v) is 9.58. The van der Waals surface area contributed by atoms with Gasteiger partial charge in [-0.25, -0.2) is 0 Å². The predicted octanol–water partition coefficient (Wildman–Crippen LogP) is 0.465. The molecule has 0 aliphatic carbocycles. The largest absolute Gasteiger partial charge is 0.330 e. The van der Waals surface area contributed by atoms with Crippen molar-refractivity contribution < 1.29 is 0 Å². The summed E-state index contributed by atoms with van der Waals surface area (Å²) in [5.74, 6) is 0.608. The van der Waals surface area contributed by atoms with Gasteiger partial charge < -0.3 is 15.5 Å². The quantitative estimate of drug-likeness (QED) is 0.629. The Morgan fingerprint density at radius 2 is 1.69 bits per heavy atom. The van der Waals surface area contributed by atoms with E-state index in [1.165, 1.54) is 0 Å². The molecule has 0 aliphatic rings. The Morgan fingerprint density at radius 1 is 1.15 bits per heavy atom. The van der Waals surface area contributed by atoms with Crippen molar-refractivity contribution in [2.45, 2.75) is 13.8 Å². The second-order valence-electron chi connectivity index (χ2n) is 4.00. The molecule has 13 heavy (non-hydrogen) atoms. The van der Waals surface area contributed by atoms with Gasteiger partial charge in [0.15, 0.2) is 0 Å². The summed E-state index contributed by atoms with van der Waals surface area (Å²) in [6.07, 6.45) is 0. The monoisotopic (exact) mass is 187 g/mol. The van der Waals surface area contributed by atoms with Gasteiger partial charge in [0.05, 0.1) is 0 Å². The van der Waals surface area contributed by atoms with Crippen LogP contribution in [-0.4, -0.2) is 56.6 Å². The smallest absolute Gasteiger partial charge is 0.0106 e. The molecule has 0 bridgehead atoms. The SMILES string of the molecule is CCN(C)CCN(C)CC(C)CN. The van der Waals surface area contributed by atoms with E-state index in [1.807, 2.05) is 0 Å². The molecule has 0 aromatic rings. The van der Waals surface area contributed by atoms with Crippen molar-refractivity contribution in [1.82, 2.24) is 9.80 Å². The minimum absolute atomic E-state index is 0.608. The molecule has 0 radical (unpaired) electrons. The molecule has 0 amide bonds. The van der Waals surface area contributed by atoms with E-state index in [4.69, 9.17) is 5.73 Å². The number of nitrogens with two attached hydrogens (primary N) is 1. The highest BCUT2D eigenvalue weighted by atomic mass is 15.2. The fourth-order valence-electron chi connectivity index (χ4n) is 1.20. The van der Waals surface area contributed by atoms with Crippen LogP contribution in [-0.2, 0) is 0 Å². The normalized spacial score (nSPS) is 14.1. The van der Waals surface area contributed by atoms with E-state index in [9.17, 15) is 0 Å². The van der Waals surface area contributed by atoms with Gasteiger partial charge in [0, 0.05) is 19.6 Å². The Hall–Kier alpha value is -0.120. The van der Waals surface area contributed by atoms with E-state index >= 15 is 0 Å². The first kappa shape index (κ1) is 12.9. The summed E-state index contributed by atoms with van der Waals surface area (Å²) in [7, 11) is 4.32. The first-order valence-electron chi connectivity index (χ1n) is 5.17. The van der Waals surface area contributed by atoms with Crippen LogP contribution in [0.3, 0.4) is 0 Å². The molecule has 1 atom stereocenters. The van der Waals surface area contributed by atoms with Crippen LogP contribution in [0.5, 0.6) is 0 Å². The number of hydrogen-bond acceptors (Lipinski definition) is 3.